The molecule has 0 aliphatic rings. The predicted molar refractivity (Wildman–Crippen MR) is 98.4 cm³/mol. The van der Waals surface area contributed by atoms with Crippen molar-refractivity contribution in [1.29, 1.82) is 0 Å². The van der Waals surface area contributed by atoms with Gasteiger partial charge in [-0.15, -0.1) is 0 Å². The predicted octanol–water partition coefficient (Wildman–Crippen LogP) is 3.86. The second-order valence-electron chi connectivity index (χ2n) is 5.99. The molecule has 2 aromatic carbocycles. The molecule has 0 saturated heterocycles. The van der Waals surface area contributed by atoms with Crippen LogP contribution in [0.2, 0.25) is 0 Å². The topological polar surface area (TPSA) is 49.4 Å². The highest BCUT2D eigenvalue weighted by Crippen LogP contribution is 2.18. The van der Waals surface area contributed by atoms with E-state index in [4.69, 9.17) is 0 Å². The van der Waals surface area contributed by atoms with Crippen LogP contribution < -0.4 is 10.2 Å². The highest BCUT2D eigenvalue weighted by molar-refractivity contribution is 6.02. The fourth-order valence-corrected chi connectivity index (χ4v) is 2.50. The summed E-state index contributed by atoms with van der Waals surface area (Å²) in [6.07, 6.45) is 0.938. The Morgan fingerprint density at radius 2 is 1.71 bits per heavy atom. The first-order valence-corrected chi connectivity index (χ1v) is 8.15. The van der Waals surface area contributed by atoms with Crippen LogP contribution in [0.4, 0.5) is 11.4 Å². The number of nitrogens with zero attached hydrogens (tertiary/aromatic N) is 1. The summed E-state index contributed by atoms with van der Waals surface area (Å²) in [5.74, 6) is -0.367. The Morgan fingerprint density at radius 1 is 1.04 bits per heavy atom. The average Bonchev–Trinajstić information content (AvgIpc) is 2.56. The van der Waals surface area contributed by atoms with Crippen molar-refractivity contribution >= 4 is 23.2 Å². The number of rotatable bonds is 5. The van der Waals surface area contributed by atoms with Gasteiger partial charge in [0.15, 0.2) is 0 Å². The molecule has 0 atom stereocenters. The molecule has 24 heavy (non-hydrogen) atoms. The van der Waals surface area contributed by atoms with E-state index < -0.39 is 0 Å². The maximum absolute atomic E-state index is 12.4. The third-order valence-corrected chi connectivity index (χ3v) is 4.01. The summed E-state index contributed by atoms with van der Waals surface area (Å²) in [5, 5.41) is 2.90. The zero-order chi connectivity index (χ0) is 17.7. The van der Waals surface area contributed by atoms with E-state index in [2.05, 4.69) is 12.2 Å². The molecule has 0 aromatic heterocycles. The van der Waals surface area contributed by atoms with Gasteiger partial charge in [0, 0.05) is 18.3 Å². The van der Waals surface area contributed by atoms with E-state index in [-0.39, 0.29) is 18.4 Å². The zero-order valence-corrected chi connectivity index (χ0v) is 14.7. The normalized spacial score (nSPS) is 10.3. The van der Waals surface area contributed by atoms with Gasteiger partial charge in [-0.1, -0.05) is 31.2 Å². The van der Waals surface area contributed by atoms with Gasteiger partial charge in [0.25, 0.3) is 0 Å². The van der Waals surface area contributed by atoms with Crippen LogP contribution in [0, 0.1) is 13.8 Å². The monoisotopic (exact) mass is 324 g/mol. The first kappa shape index (κ1) is 17.7. The molecule has 0 spiro atoms. The van der Waals surface area contributed by atoms with Crippen LogP contribution in [-0.4, -0.2) is 18.4 Å². The molecule has 0 bridgehead atoms. The van der Waals surface area contributed by atoms with Gasteiger partial charge in [0.2, 0.25) is 11.8 Å². The van der Waals surface area contributed by atoms with E-state index in [0.29, 0.717) is 0 Å². The number of hydrogen-bond acceptors (Lipinski definition) is 2. The molecule has 0 aliphatic carbocycles. The fraction of sp³-hybridized carbons (Fsp3) is 0.300. The third kappa shape index (κ3) is 4.44. The van der Waals surface area contributed by atoms with Crippen molar-refractivity contribution in [2.24, 2.45) is 0 Å². The zero-order valence-electron chi connectivity index (χ0n) is 14.7. The highest BCUT2D eigenvalue weighted by Gasteiger charge is 2.16. The van der Waals surface area contributed by atoms with E-state index in [1.54, 1.807) is 0 Å². The van der Waals surface area contributed by atoms with Gasteiger partial charge in [0.05, 0.1) is 0 Å². The molecule has 2 aromatic rings. The van der Waals surface area contributed by atoms with Gasteiger partial charge in [-0.05, 0) is 55.2 Å². The Bertz CT molecular complexity index is 736. The molecule has 126 valence electrons. The fourth-order valence-electron chi connectivity index (χ4n) is 2.50. The Balaban J connectivity index is 2.13. The number of hydrogen-bond donors (Lipinski definition) is 1. The molecule has 0 heterocycles. The Labute approximate surface area is 143 Å². The minimum Gasteiger partial charge on any atom is -0.324 e. The molecule has 0 aliphatic heterocycles. The molecule has 1 N–H and O–H groups in total. The van der Waals surface area contributed by atoms with Gasteiger partial charge >= 0.3 is 0 Å². The number of nitrogens with one attached hydrogen (secondary N) is 1. The lowest BCUT2D eigenvalue weighted by molar-refractivity contribution is -0.120. The molecular weight excluding hydrogens is 300 g/mol. The molecule has 0 radical (unpaired) electrons. The van der Waals surface area contributed by atoms with Crippen molar-refractivity contribution in [2.75, 3.05) is 16.8 Å². The minimum absolute atomic E-state index is 0.00577. The molecular formula is C20H24N2O2. The average molecular weight is 324 g/mol. The summed E-state index contributed by atoms with van der Waals surface area (Å²) in [6, 6.07) is 13.6. The first-order valence-electron chi connectivity index (χ1n) is 8.15. The van der Waals surface area contributed by atoms with Crippen molar-refractivity contribution in [3.05, 3.63) is 59.2 Å². The number of benzene rings is 2. The molecule has 0 unspecified atom stereocenters. The molecule has 4 nitrogen and oxygen atoms in total. The van der Waals surface area contributed by atoms with Crippen LogP contribution in [-0.2, 0) is 16.0 Å². The highest BCUT2D eigenvalue weighted by atomic mass is 16.2. The van der Waals surface area contributed by atoms with Crippen molar-refractivity contribution in [3.63, 3.8) is 0 Å². The van der Waals surface area contributed by atoms with Crippen LogP contribution in [0.15, 0.2) is 42.5 Å². The lowest BCUT2D eigenvalue weighted by Crippen LogP contribution is -2.36. The van der Waals surface area contributed by atoms with Gasteiger partial charge < -0.3 is 10.2 Å². The smallest absolute Gasteiger partial charge is 0.244 e. The maximum Gasteiger partial charge on any atom is 0.244 e. The van der Waals surface area contributed by atoms with Crippen molar-refractivity contribution in [1.82, 2.24) is 0 Å². The van der Waals surface area contributed by atoms with Crippen LogP contribution in [0.3, 0.4) is 0 Å². The SMILES string of the molecule is CCc1ccc(N(CC(=O)Nc2cc(C)ccc2C)C(C)=O)cc1. The van der Waals surface area contributed by atoms with Crippen LogP contribution >= 0.6 is 0 Å². The molecule has 2 rings (SSSR count). The Morgan fingerprint density at radius 3 is 2.29 bits per heavy atom. The number of amides is 2. The molecule has 0 saturated carbocycles. The lowest BCUT2D eigenvalue weighted by Gasteiger charge is -2.21. The second-order valence-corrected chi connectivity index (χ2v) is 5.99. The number of carbonyl (C=O) groups excluding carboxylic acids is 2. The van der Waals surface area contributed by atoms with Crippen LogP contribution in [0.25, 0.3) is 0 Å². The van der Waals surface area contributed by atoms with E-state index in [0.717, 1.165) is 28.9 Å². The van der Waals surface area contributed by atoms with Crippen molar-refractivity contribution in [2.45, 2.75) is 34.1 Å². The standard InChI is InChI=1S/C20H24N2O2/c1-5-17-8-10-18(11-9-17)22(16(4)23)13-20(24)21-19-12-14(2)6-7-15(19)3/h6-12H,5,13H2,1-4H3,(H,21,24). The van der Waals surface area contributed by atoms with E-state index >= 15 is 0 Å². The summed E-state index contributed by atoms with van der Waals surface area (Å²) >= 11 is 0. The molecule has 4 heteroatoms. The summed E-state index contributed by atoms with van der Waals surface area (Å²) in [5.41, 5.74) is 4.79. The van der Waals surface area contributed by atoms with Crippen molar-refractivity contribution < 1.29 is 9.59 Å². The number of aryl methyl sites for hydroxylation is 3. The lowest BCUT2D eigenvalue weighted by atomic mass is 10.1. The van der Waals surface area contributed by atoms with E-state index in [1.807, 2.05) is 56.3 Å². The van der Waals surface area contributed by atoms with Crippen molar-refractivity contribution in [3.8, 4) is 0 Å². The van der Waals surface area contributed by atoms with E-state index in [1.165, 1.54) is 17.4 Å². The minimum atomic E-state index is -0.210. The summed E-state index contributed by atoms with van der Waals surface area (Å²) in [4.78, 5) is 25.8. The number of anilines is 2. The van der Waals surface area contributed by atoms with Gasteiger partial charge in [-0.2, -0.15) is 0 Å². The number of carbonyl (C=O) groups is 2. The quantitative estimate of drug-likeness (QED) is 0.908. The van der Waals surface area contributed by atoms with Gasteiger partial charge in [0.1, 0.15) is 6.54 Å². The summed E-state index contributed by atoms with van der Waals surface area (Å²) < 4.78 is 0. The Kier molecular flexibility index (Phi) is 5.74. The van der Waals surface area contributed by atoms with Gasteiger partial charge in [-0.3, -0.25) is 9.59 Å². The van der Waals surface area contributed by atoms with Crippen LogP contribution in [0.1, 0.15) is 30.5 Å². The molecule has 0 fully saturated rings. The Hall–Kier alpha value is -2.62. The van der Waals surface area contributed by atoms with Crippen LogP contribution in [0.5, 0.6) is 0 Å². The third-order valence-electron chi connectivity index (χ3n) is 4.01. The second kappa shape index (κ2) is 7.77. The summed E-state index contributed by atoms with van der Waals surface area (Å²) in [7, 11) is 0. The summed E-state index contributed by atoms with van der Waals surface area (Å²) in [6.45, 7) is 7.47. The van der Waals surface area contributed by atoms with Gasteiger partial charge in [-0.25, -0.2) is 0 Å². The molecule has 2 amide bonds. The largest absolute Gasteiger partial charge is 0.324 e. The maximum atomic E-state index is 12.4. The van der Waals surface area contributed by atoms with E-state index in [9.17, 15) is 9.59 Å². The first-order chi connectivity index (χ1) is 11.4.